The molecule has 0 aromatic heterocycles. The third kappa shape index (κ3) is 5.02. The summed E-state index contributed by atoms with van der Waals surface area (Å²) in [6.45, 7) is 7.02. The van der Waals surface area contributed by atoms with Crippen molar-refractivity contribution < 1.29 is 19.3 Å². The number of halogens is 1. The SMILES string of the molecule is C[C@@H]1[C@@H](O)[C@@H](O)[C@H](Oc2ccc(CCN(C)C)c(-c3cccc(F)c3)c2)CC1(C)C. The lowest BCUT2D eigenvalue weighted by Crippen LogP contribution is -2.54. The van der Waals surface area contributed by atoms with Crippen LogP contribution < -0.4 is 4.74 Å². The van der Waals surface area contributed by atoms with E-state index in [1.807, 2.05) is 45.3 Å². The van der Waals surface area contributed by atoms with Crippen LogP contribution >= 0.6 is 0 Å². The van der Waals surface area contributed by atoms with Crippen molar-refractivity contribution >= 4 is 0 Å². The third-order valence-corrected chi connectivity index (χ3v) is 6.54. The number of hydrogen-bond donors (Lipinski definition) is 2. The second-order valence-corrected chi connectivity index (χ2v) is 9.50. The van der Waals surface area contributed by atoms with Gasteiger partial charge in [-0.1, -0.05) is 39.0 Å². The largest absolute Gasteiger partial charge is 0.488 e. The molecule has 5 heteroatoms. The van der Waals surface area contributed by atoms with E-state index < -0.39 is 18.3 Å². The summed E-state index contributed by atoms with van der Waals surface area (Å²) in [5.74, 6) is 0.312. The smallest absolute Gasteiger partial charge is 0.128 e. The third-order valence-electron chi connectivity index (χ3n) is 6.54. The number of ether oxygens (including phenoxy) is 1. The Balaban J connectivity index is 1.91. The van der Waals surface area contributed by atoms with Crippen molar-refractivity contribution in [1.82, 2.24) is 4.90 Å². The number of aliphatic hydroxyl groups is 2. The van der Waals surface area contributed by atoms with E-state index in [-0.39, 0.29) is 17.2 Å². The summed E-state index contributed by atoms with van der Waals surface area (Å²) in [5, 5.41) is 21.1. The van der Waals surface area contributed by atoms with Crippen molar-refractivity contribution in [3.63, 3.8) is 0 Å². The van der Waals surface area contributed by atoms with Gasteiger partial charge in [0.2, 0.25) is 0 Å². The lowest BCUT2D eigenvalue weighted by molar-refractivity contribution is -0.138. The van der Waals surface area contributed by atoms with Crippen LogP contribution in [0.4, 0.5) is 4.39 Å². The zero-order valence-corrected chi connectivity index (χ0v) is 18.6. The van der Waals surface area contributed by atoms with Crippen molar-refractivity contribution in [1.29, 1.82) is 0 Å². The summed E-state index contributed by atoms with van der Waals surface area (Å²) >= 11 is 0. The number of likely N-dealkylation sites (N-methyl/N-ethyl adjacent to an activating group) is 1. The van der Waals surface area contributed by atoms with Gasteiger partial charge in [0.1, 0.15) is 23.8 Å². The standard InChI is InChI=1S/C25H34FNO3/c1-16-23(28)24(29)22(15-25(16,2)3)30-20-10-9-17(11-12-27(4)5)21(14-20)18-7-6-8-19(26)13-18/h6-10,13-14,16,22-24,28-29H,11-12,15H2,1-5H3/t16-,22-,23-,24+/m1/s1. The average Bonchev–Trinajstić information content (AvgIpc) is 2.69. The van der Waals surface area contributed by atoms with Crippen LogP contribution in [0.3, 0.4) is 0 Å². The number of rotatable bonds is 6. The molecule has 4 nitrogen and oxygen atoms in total. The van der Waals surface area contributed by atoms with Crippen molar-refractivity contribution in [2.45, 2.75) is 51.9 Å². The van der Waals surface area contributed by atoms with Crippen LogP contribution in [-0.2, 0) is 6.42 Å². The first-order valence-electron chi connectivity index (χ1n) is 10.6. The molecule has 1 saturated carbocycles. The van der Waals surface area contributed by atoms with Crippen LogP contribution in [0, 0.1) is 17.2 Å². The molecule has 4 atom stereocenters. The molecule has 0 saturated heterocycles. The Morgan fingerprint density at radius 3 is 2.50 bits per heavy atom. The highest BCUT2D eigenvalue weighted by molar-refractivity contribution is 5.69. The van der Waals surface area contributed by atoms with Gasteiger partial charge in [-0.15, -0.1) is 0 Å². The minimum Gasteiger partial charge on any atom is -0.488 e. The van der Waals surface area contributed by atoms with Gasteiger partial charge in [-0.05, 0) is 79.2 Å². The van der Waals surface area contributed by atoms with E-state index in [1.54, 1.807) is 6.07 Å². The minimum absolute atomic E-state index is 0.0244. The molecule has 0 radical (unpaired) electrons. The van der Waals surface area contributed by atoms with E-state index in [0.29, 0.717) is 12.2 Å². The van der Waals surface area contributed by atoms with Crippen LogP contribution in [0.2, 0.25) is 0 Å². The van der Waals surface area contributed by atoms with E-state index in [2.05, 4.69) is 18.7 Å². The van der Waals surface area contributed by atoms with Crippen molar-refractivity contribution in [2.75, 3.05) is 20.6 Å². The fraction of sp³-hybridized carbons (Fsp3) is 0.520. The minimum atomic E-state index is -0.945. The Hall–Kier alpha value is -1.95. The highest BCUT2D eigenvalue weighted by Gasteiger charge is 2.46. The van der Waals surface area contributed by atoms with Gasteiger partial charge in [0, 0.05) is 6.54 Å². The number of nitrogens with zero attached hydrogens (tertiary/aromatic N) is 1. The maximum absolute atomic E-state index is 13.9. The molecule has 1 aliphatic carbocycles. The summed E-state index contributed by atoms with van der Waals surface area (Å²) in [4.78, 5) is 2.11. The molecule has 164 valence electrons. The zero-order chi connectivity index (χ0) is 22.1. The van der Waals surface area contributed by atoms with Crippen LogP contribution in [0.1, 0.15) is 32.8 Å². The van der Waals surface area contributed by atoms with E-state index in [0.717, 1.165) is 29.7 Å². The highest BCUT2D eigenvalue weighted by Crippen LogP contribution is 2.42. The lowest BCUT2D eigenvalue weighted by atomic mass is 9.66. The normalized spacial score (nSPS) is 26.0. The Labute approximate surface area is 179 Å². The molecule has 0 amide bonds. The summed E-state index contributed by atoms with van der Waals surface area (Å²) in [6.07, 6.45) is -0.808. The number of aliphatic hydroxyl groups excluding tert-OH is 2. The molecule has 1 aliphatic rings. The van der Waals surface area contributed by atoms with E-state index in [9.17, 15) is 14.6 Å². The molecule has 2 N–H and O–H groups in total. The fourth-order valence-electron chi connectivity index (χ4n) is 4.20. The summed E-state index contributed by atoms with van der Waals surface area (Å²) < 4.78 is 20.1. The van der Waals surface area contributed by atoms with Crippen LogP contribution in [0.25, 0.3) is 11.1 Å². The van der Waals surface area contributed by atoms with Crippen molar-refractivity contribution in [3.05, 3.63) is 53.8 Å². The molecule has 3 rings (SSSR count). The van der Waals surface area contributed by atoms with Gasteiger partial charge in [0.05, 0.1) is 6.10 Å². The molecule has 0 spiro atoms. The summed E-state index contributed by atoms with van der Waals surface area (Å²) in [5.41, 5.74) is 2.68. The van der Waals surface area contributed by atoms with E-state index in [1.165, 1.54) is 12.1 Å². The first-order valence-corrected chi connectivity index (χ1v) is 10.6. The Morgan fingerprint density at radius 2 is 1.83 bits per heavy atom. The molecule has 0 bridgehead atoms. The molecule has 0 unspecified atom stereocenters. The van der Waals surface area contributed by atoms with Crippen LogP contribution in [-0.4, -0.2) is 54.1 Å². The summed E-state index contributed by atoms with van der Waals surface area (Å²) in [6, 6.07) is 12.4. The molecule has 0 aliphatic heterocycles. The maximum Gasteiger partial charge on any atom is 0.128 e. The second-order valence-electron chi connectivity index (χ2n) is 9.50. The monoisotopic (exact) mass is 415 g/mol. The van der Waals surface area contributed by atoms with Gasteiger partial charge in [-0.3, -0.25) is 0 Å². The van der Waals surface area contributed by atoms with Crippen molar-refractivity contribution in [2.24, 2.45) is 11.3 Å². The van der Waals surface area contributed by atoms with Crippen LogP contribution in [0.5, 0.6) is 5.75 Å². The molecular formula is C25H34FNO3. The molecule has 2 aromatic rings. The van der Waals surface area contributed by atoms with Gasteiger partial charge >= 0.3 is 0 Å². The molecule has 30 heavy (non-hydrogen) atoms. The quantitative estimate of drug-likeness (QED) is 0.745. The van der Waals surface area contributed by atoms with E-state index >= 15 is 0 Å². The predicted octanol–water partition coefficient (Wildman–Crippen LogP) is 4.13. The highest BCUT2D eigenvalue weighted by atomic mass is 19.1. The van der Waals surface area contributed by atoms with Crippen molar-refractivity contribution in [3.8, 4) is 16.9 Å². The molecule has 2 aromatic carbocycles. The topological polar surface area (TPSA) is 52.9 Å². The molecular weight excluding hydrogens is 381 g/mol. The first kappa shape index (κ1) is 22.7. The van der Waals surface area contributed by atoms with Gasteiger partial charge < -0.3 is 19.8 Å². The number of hydrogen-bond acceptors (Lipinski definition) is 4. The second kappa shape index (κ2) is 9.04. The first-order chi connectivity index (χ1) is 14.1. The van der Waals surface area contributed by atoms with Crippen LogP contribution in [0.15, 0.2) is 42.5 Å². The van der Waals surface area contributed by atoms with Gasteiger partial charge in [-0.25, -0.2) is 4.39 Å². The van der Waals surface area contributed by atoms with Gasteiger partial charge in [0.15, 0.2) is 0 Å². The average molecular weight is 416 g/mol. The predicted molar refractivity (Wildman–Crippen MR) is 118 cm³/mol. The Bertz CT molecular complexity index is 867. The van der Waals surface area contributed by atoms with E-state index in [4.69, 9.17) is 4.74 Å². The summed E-state index contributed by atoms with van der Waals surface area (Å²) in [7, 11) is 4.05. The molecule has 1 fully saturated rings. The zero-order valence-electron chi connectivity index (χ0n) is 18.6. The maximum atomic E-state index is 13.9. The Kier molecular flexibility index (Phi) is 6.85. The lowest BCUT2D eigenvalue weighted by Gasteiger charge is -2.46. The number of benzene rings is 2. The Morgan fingerprint density at radius 1 is 1.10 bits per heavy atom. The fourth-order valence-corrected chi connectivity index (χ4v) is 4.20. The van der Waals surface area contributed by atoms with Gasteiger partial charge in [0.25, 0.3) is 0 Å². The molecule has 0 heterocycles. The van der Waals surface area contributed by atoms with Gasteiger partial charge in [-0.2, -0.15) is 0 Å².